The molecule has 1 aromatic heterocycles. The van der Waals surface area contributed by atoms with Gasteiger partial charge in [0.05, 0.1) is 0 Å². The lowest BCUT2D eigenvalue weighted by Crippen LogP contribution is -2.47. The number of thiophene rings is 1. The van der Waals surface area contributed by atoms with Crippen molar-refractivity contribution in [2.75, 3.05) is 19.6 Å². The third-order valence-corrected chi connectivity index (χ3v) is 7.21. The van der Waals surface area contributed by atoms with E-state index < -0.39 is 10.0 Å². The summed E-state index contributed by atoms with van der Waals surface area (Å²) in [6.45, 7) is 6.38. The lowest BCUT2D eigenvalue weighted by Gasteiger charge is -2.32. The number of rotatable bonds is 6. The minimum absolute atomic E-state index is 0.295. The molecule has 1 aliphatic rings. The molecule has 1 atom stereocenters. The van der Waals surface area contributed by atoms with Crippen LogP contribution in [0.2, 0.25) is 0 Å². The van der Waals surface area contributed by atoms with E-state index in [0.717, 1.165) is 37.1 Å². The highest BCUT2D eigenvalue weighted by Gasteiger charge is 2.30. The maximum absolute atomic E-state index is 12.6. The van der Waals surface area contributed by atoms with Gasteiger partial charge in [-0.05, 0) is 44.4 Å². The van der Waals surface area contributed by atoms with Gasteiger partial charge in [-0.3, -0.25) is 0 Å². The second-order valence-corrected chi connectivity index (χ2v) is 8.56. The second kappa shape index (κ2) is 7.02. The molecule has 6 heteroatoms. The molecule has 4 nitrogen and oxygen atoms in total. The van der Waals surface area contributed by atoms with Gasteiger partial charge in [0.2, 0.25) is 0 Å². The first-order valence-corrected chi connectivity index (χ1v) is 9.65. The van der Waals surface area contributed by atoms with Crippen LogP contribution in [0.1, 0.15) is 38.0 Å². The van der Waals surface area contributed by atoms with E-state index in [0.29, 0.717) is 23.3 Å². The van der Waals surface area contributed by atoms with Gasteiger partial charge in [-0.2, -0.15) is 4.31 Å². The lowest BCUT2D eigenvalue weighted by molar-refractivity contribution is 0.284. The fraction of sp³-hybridized carbons (Fsp3) is 0.714. The summed E-state index contributed by atoms with van der Waals surface area (Å²) in [6, 6.07) is 3.97. The van der Waals surface area contributed by atoms with Crippen LogP contribution in [0.15, 0.2) is 16.3 Å². The van der Waals surface area contributed by atoms with Gasteiger partial charge in [-0.1, -0.05) is 13.8 Å². The summed E-state index contributed by atoms with van der Waals surface area (Å²) in [5.41, 5.74) is 0. The largest absolute Gasteiger partial charge is 0.313 e. The second-order valence-electron chi connectivity index (χ2n) is 5.23. The maximum Gasteiger partial charge on any atom is 0.252 e. The Morgan fingerprint density at radius 3 is 2.85 bits per heavy atom. The third kappa shape index (κ3) is 3.61. The Bertz CT molecular complexity index is 525. The molecule has 0 aliphatic carbocycles. The van der Waals surface area contributed by atoms with E-state index in [1.165, 1.54) is 11.3 Å². The van der Waals surface area contributed by atoms with E-state index in [1.807, 2.05) is 13.0 Å². The highest BCUT2D eigenvalue weighted by atomic mass is 32.2. The number of hydrogen-bond acceptors (Lipinski definition) is 4. The van der Waals surface area contributed by atoms with Gasteiger partial charge in [0.25, 0.3) is 10.0 Å². The smallest absolute Gasteiger partial charge is 0.252 e. The van der Waals surface area contributed by atoms with Crippen LogP contribution in [-0.2, 0) is 16.4 Å². The molecule has 114 valence electrons. The average molecular weight is 316 g/mol. The van der Waals surface area contributed by atoms with E-state index in [-0.39, 0.29) is 0 Å². The molecule has 20 heavy (non-hydrogen) atoms. The van der Waals surface area contributed by atoms with E-state index in [9.17, 15) is 8.42 Å². The number of aryl methyl sites for hydroxylation is 1. The number of nitrogens with one attached hydrogen (secondary N) is 1. The zero-order valence-electron chi connectivity index (χ0n) is 12.3. The van der Waals surface area contributed by atoms with E-state index in [4.69, 9.17) is 0 Å². The van der Waals surface area contributed by atoms with Gasteiger partial charge in [-0.15, -0.1) is 11.3 Å². The fourth-order valence-corrected chi connectivity index (χ4v) is 5.46. The molecular formula is C14H24N2O2S2. The van der Waals surface area contributed by atoms with Gasteiger partial charge >= 0.3 is 0 Å². The Morgan fingerprint density at radius 2 is 2.20 bits per heavy atom. The normalized spacial score (nSPS) is 21.2. The standard InChI is InChI=1S/C14H24N2O2S2/c1-3-9-15-12-6-5-10-16(11-12)20(17,18)14-8-7-13(4-2)19-14/h7-8,12,15H,3-6,9-11H2,1-2H3. The van der Waals surface area contributed by atoms with Crippen LogP contribution in [0, 0.1) is 0 Å². The Kier molecular flexibility index (Phi) is 5.60. The summed E-state index contributed by atoms with van der Waals surface area (Å²) in [7, 11) is -3.30. The molecule has 0 amide bonds. The Labute approximate surface area is 126 Å². The highest BCUT2D eigenvalue weighted by Crippen LogP contribution is 2.27. The van der Waals surface area contributed by atoms with Gasteiger partial charge in [-0.25, -0.2) is 8.42 Å². The molecule has 2 rings (SSSR count). The SMILES string of the molecule is CCCNC1CCCN(S(=O)(=O)c2ccc(CC)s2)C1. The molecule has 1 aliphatic heterocycles. The minimum Gasteiger partial charge on any atom is -0.313 e. The lowest BCUT2D eigenvalue weighted by atomic mass is 10.1. The van der Waals surface area contributed by atoms with Crippen molar-refractivity contribution < 1.29 is 8.42 Å². The van der Waals surface area contributed by atoms with Gasteiger partial charge in [0.1, 0.15) is 4.21 Å². The zero-order chi connectivity index (χ0) is 14.6. The highest BCUT2D eigenvalue weighted by molar-refractivity contribution is 7.91. The maximum atomic E-state index is 12.6. The van der Waals surface area contributed by atoms with Crippen LogP contribution >= 0.6 is 11.3 Å². The summed E-state index contributed by atoms with van der Waals surface area (Å²) in [5.74, 6) is 0. The van der Waals surface area contributed by atoms with Crippen molar-refractivity contribution in [2.24, 2.45) is 0 Å². The van der Waals surface area contributed by atoms with E-state index >= 15 is 0 Å². The summed E-state index contributed by atoms with van der Waals surface area (Å²) >= 11 is 1.40. The predicted octanol–water partition coefficient (Wildman–Crippen LogP) is 2.46. The van der Waals surface area contributed by atoms with Crippen molar-refractivity contribution in [3.63, 3.8) is 0 Å². The number of piperidine rings is 1. The van der Waals surface area contributed by atoms with Gasteiger partial charge < -0.3 is 5.32 Å². The molecule has 2 heterocycles. The molecule has 1 aromatic rings. The Balaban J connectivity index is 2.08. The fourth-order valence-electron chi connectivity index (χ4n) is 2.49. The Hall–Kier alpha value is -0.430. The summed E-state index contributed by atoms with van der Waals surface area (Å²) in [4.78, 5) is 1.13. The predicted molar refractivity (Wildman–Crippen MR) is 83.8 cm³/mol. The quantitative estimate of drug-likeness (QED) is 0.877. The summed E-state index contributed by atoms with van der Waals surface area (Å²) < 4.78 is 27.4. The average Bonchev–Trinajstić information content (AvgIpc) is 2.95. The number of sulfonamides is 1. The van der Waals surface area contributed by atoms with Crippen molar-refractivity contribution in [1.29, 1.82) is 0 Å². The van der Waals surface area contributed by atoms with Crippen LogP contribution in [0.4, 0.5) is 0 Å². The third-order valence-electron chi connectivity index (χ3n) is 3.65. The summed E-state index contributed by atoms with van der Waals surface area (Å²) in [5, 5.41) is 3.44. The Morgan fingerprint density at radius 1 is 1.40 bits per heavy atom. The first kappa shape index (κ1) is 15.9. The molecule has 0 bridgehead atoms. The van der Waals surface area contributed by atoms with Gasteiger partial charge in [0.15, 0.2) is 0 Å². The van der Waals surface area contributed by atoms with Crippen molar-refractivity contribution in [2.45, 2.75) is 49.8 Å². The van der Waals surface area contributed by atoms with Crippen molar-refractivity contribution in [3.05, 3.63) is 17.0 Å². The van der Waals surface area contributed by atoms with Crippen molar-refractivity contribution in [1.82, 2.24) is 9.62 Å². The number of hydrogen-bond donors (Lipinski definition) is 1. The molecule has 1 fully saturated rings. The van der Waals surface area contributed by atoms with Crippen LogP contribution in [0.3, 0.4) is 0 Å². The molecule has 1 N–H and O–H groups in total. The van der Waals surface area contributed by atoms with Crippen molar-refractivity contribution >= 4 is 21.4 Å². The molecule has 0 spiro atoms. The molecular weight excluding hydrogens is 292 g/mol. The zero-order valence-corrected chi connectivity index (χ0v) is 13.9. The minimum atomic E-state index is -3.30. The van der Waals surface area contributed by atoms with Crippen LogP contribution in [-0.4, -0.2) is 38.4 Å². The van der Waals surface area contributed by atoms with Crippen LogP contribution in [0.5, 0.6) is 0 Å². The number of nitrogens with zero attached hydrogens (tertiary/aromatic N) is 1. The first-order chi connectivity index (χ1) is 9.57. The monoisotopic (exact) mass is 316 g/mol. The van der Waals surface area contributed by atoms with E-state index in [2.05, 4.69) is 12.2 Å². The van der Waals surface area contributed by atoms with E-state index in [1.54, 1.807) is 10.4 Å². The van der Waals surface area contributed by atoms with Crippen molar-refractivity contribution in [3.8, 4) is 0 Å². The molecule has 0 saturated carbocycles. The van der Waals surface area contributed by atoms with Crippen LogP contribution in [0.25, 0.3) is 0 Å². The van der Waals surface area contributed by atoms with Crippen LogP contribution < -0.4 is 5.32 Å². The molecule has 0 radical (unpaired) electrons. The summed E-state index contributed by atoms with van der Waals surface area (Å²) in [6.07, 6.45) is 3.97. The first-order valence-electron chi connectivity index (χ1n) is 7.40. The molecule has 0 aromatic carbocycles. The topological polar surface area (TPSA) is 49.4 Å². The molecule has 1 saturated heterocycles. The molecule has 1 unspecified atom stereocenters. The van der Waals surface area contributed by atoms with Gasteiger partial charge in [0, 0.05) is 24.0 Å².